The van der Waals surface area contributed by atoms with Crippen LogP contribution in [0.25, 0.3) is 0 Å². The molecule has 0 fully saturated rings. The van der Waals surface area contributed by atoms with Crippen LogP contribution in [0.3, 0.4) is 0 Å². The van der Waals surface area contributed by atoms with Crippen LogP contribution in [0.4, 0.5) is 8.78 Å². The summed E-state index contributed by atoms with van der Waals surface area (Å²) in [6, 6.07) is 6.81. The van der Waals surface area contributed by atoms with E-state index in [9.17, 15) is 8.78 Å². The molecule has 0 aliphatic carbocycles. The molecule has 1 N–H and O–H groups in total. The Morgan fingerprint density at radius 1 is 1.22 bits per heavy atom. The molecule has 0 aliphatic heterocycles. The van der Waals surface area contributed by atoms with Gasteiger partial charge in [-0.1, -0.05) is 18.3 Å². The van der Waals surface area contributed by atoms with Gasteiger partial charge in [-0.2, -0.15) is 9.65 Å². The maximum atomic E-state index is 13.4. The number of benzene rings is 1. The second-order valence-corrected chi connectivity index (χ2v) is 3.72. The first kappa shape index (κ1) is 12.2. The van der Waals surface area contributed by atoms with Gasteiger partial charge in [0.05, 0.1) is 0 Å². The number of rotatable bonds is 2. The molecule has 3 nitrogen and oxygen atoms in total. The summed E-state index contributed by atoms with van der Waals surface area (Å²) in [5.74, 6) is -2.36. The van der Waals surface area contributed by atoms with E-state index in [1.165, 1.54) is 24.4 Å². The third kappa shape index (κ3) is 2.21. The molecule has 18 heavy (non-hydrogen) atoms. The zero-order chi connectivity index (χ0) is 13.1. The highest BCUT2D eigenvalue weighted by molar-refractivity contribution is 7.71. The van der Waals surface area contributed by atoms with E-state index in [4.69, 9.17) is 22.2 Å². The lowest BCUT2D eigenvalue weighted by Crippen LogP contribution is -1.94. The van der Waals surface area contributed by atoms with E-state index in [-0.39, 0.29) is 21.7 Å². The highest BCUT2D eigenvalue weighted by Crippen LogP contribution is 2.28. The molecule has 0 unspecified atom stereocenters. The van der Waals surface area contributed by atoms with Crippen molar-refractivity contribution in [2.75, 3.05) is 0 Å². The van der Waals surface area contributed by atoms with Crippen LogP contribution in [0.1, 0.15) is 5.56 Å². The fourth-order valence-electron chi connectivity index (χ4n) is 1.33. The Labute approximate surface area is 106 Å². The number of nitrogens with zero attached hydrogens (tertiary/aromatic N) is 1. The average molecular weight is 264 g/mol. The first-order valence-electron chi connectivity index (χ1n) is 4.87. The summed E-state index contributed by atoms with van der Waals surface area (Å²) in [6.07, 6.45) is 1.45. The SMILES string of the molecule is N#Cc1c(Oc2cccc(F)c2F)cc[nH]c1=S. The highest BCUT2D eigenvalue weighted by Gasteiger charge is 2.12. The van der Waals surface area contributed by atoms with Crippen molar-refractivity contribution < 1.29 is 13.5 Å². The maximum Gasteiger partial charge on any atom is 0.201 e. The van der Waals surface area contributed by atoms with Gasteiger partial charge in [-0.15, -0.1) is 0 Å². The first-order chi connectivity index (χ1) is 8.63. The van der Waals surface area contributed by atoms with Crippen LogP contribution in [0, 0.1) is 27.6 Å². The van der Waals surface area contributed by atoms with Gasteiger partial charge in [-0.25, -0.2) is 4.39 Å². The molecule has 0 aliphatic rings. The number of aromatic amines is 1. The second-order valence-electron chi connectivity index (χ2n) is 3.31. The molecule has 0 bridgehead atoms. The number of hydrogen-bond donors (Lipinski definition) is 1. The number of nitrogens with one attached hydrogen (secondary N) is 1. The summed E-state index contributed by atoms with van der Waals surface area (Å²) < 4.78 is 31.7. The lowest BCUT2D eigenvalue weighted by Gasteiger charge is -2.08. The Balaban J connectivity index is 2.48. The molecule has 2 aromatic rings. The molecule has 6 heteroatoms. The molecule has 1 aromatic carbocycles. The molecule has 0 amide bonds. The normalized spacial score (nSPS) is 9.83. The van der Waals surface area contributed by atoms with E-state index in [1.54, 1.807) is 0 Å². The van der Waals surface area contributed by atoms with Crippen molar-refractivity contribution in [2.24, 2.45) is 0 Å². The summed E-state index contributed by atoms with van der Waals surface area (Å²) in [4.78, 5) is 2.65. The third-order valence-electron chi connectivity index (χ3n) is 2.17. The predicted molar refractivity (Wildman–Crippen MR) is 62.8 cm³/mol. The second kappa shape index (κ2) is 4.94. The number of hydrogen-bond acceptors (Lipinski definition) is 3. The minimum atomic E-state index is -1.11. The molecule has 90 valence electrons. The Hall–Kier alpha value is -2.26. The quantitative estimate of drug-likeness (QED) is 0.841. The van der Waals surface area contributed by atoms with E-state index in [0.29, 0.717) is 0 Å². The molecule has 0 saturated carbocycles. The lowest BCUT2D eigenvalue weighted by atomic mass is 10.2. The minimum Gasteiger partial charge on any atom is -0.453 e. The summed E-state index contributed by atoms with van der Waals surface area (Å²) in [5.41, 5.74) is 0.0659. The zero-order valence-corrected chi connectivity index (χ0v) is 9.72. The van der Waals surface area contributed by atoms with Crippen molar-refractivity contribution in [3.05, 3.63) is 52.3 Å². The molecule has 1 heterocycles. The van der Waals surface area contributed by atoms with Crippen molar-refractivity contribution in [3.8, 4) is 17.6 Å². The maximum absolute atomic E-state index is 13.4. The topological polar surface area (TPSA) is 48.8 Å². The molecule has 0 atom stereocenters. The largest absolute Gasteiger partial charge is 0.453 e. The van der Waals surface area contributed by atoms with E-state index in [1.807, 2.05) is 6.07 Å². The minimum absolute atomic E-state index is 0.0659. The molecular formula is C12H6F2N2OS. The van der Waals surface area contributed by atoms with Gasteiger partial charge in [0.25, 0.3) is 0 Å². The van der Waals surface area contributed by atoms with E-state index >= 15 is 0 Å². The van der Waals surface area contributed by atoms with Crippen molar-refractivity contribution >= 4 is 12.2 Å². The summed E-state index contributed by atoms with van der Waals surface area (Å²) in [7, 11) is 0. The number of aromatic nitrogens is 1. The summed E-state index contributed by atoms with van der Waals surface area (Å²) in [6.45, 7) is 0. The Morgan fingerprint density at radius 3 is 2.72 bits per heavy atom. The van der Waals surface area contributed by atoms with E-state index < -0.39 is 11.6 Å². The molecular weight excluding hydrogens is 258 g/mol. The van der Waals surface area contributed by atoms with Crippen molar-refractivity contribution in [1.29, 1.82) is 5.26 Å². The van der Waals surface area contributed by atoms with Crippen molar-refractivity contribution in [1.82, 2.24) is 4.98 Å². The standard InChI is InChI=1S/C12H6F2N2OS/c13-8-2-1-3-10(11(8)14)17-9-4-5-16-12(18)7(9)6-15/h1-5H,(H,16,18). The van der Waals surface area contributed by atoms with Gasteiger partial charge in [-0.3, -0.25) is 0 Å². The van der Waals surface area contributed by atoms with Crippen LogP contribution >= 0.6 is 12.2 Å². The predicted octanol–water partition coefficient (Wildman–Crippen LogP) is 3.69. The van der Waals surface area contributed by atoms with Crippen LogP contribution in [0.2, 0.25) is 0 Å². The fraction of sp³-hybridized carbons (Fsp3) is 0. The Morgan fingerprint density at radius 2 is 2.00 bits per heavy atom. The number of H-pyrrole nitrogens is 1. The van der Waals surface area contributed by atoms with Gasteiger partial charge < -0.3 is 9.72 Å². The Bertz CT molecular complexity index is 691. The summed E-state index contributed by atoms with van der Waals surface area (Å²) >= 11 is 4.89. The van der Waals surface area contributed by atoms with Gasteiger partial charge in [-0.05, 0) is 18.2 Å². The van der Waals surface area contributed by atoms with Crippen LogP contribution in [-0.4, -0.2) is 4.98 Å². The Kier molecular flexibility index (Phi) is 3.35. The van der Waals surface area contributed by atoms with E-state index in [0.717, 1.165) is 6.07 Å². The number of pyridine rings is 1. The zero-order valence-electron chi connectivity index (χ0n) is 8.91. The van der Waals surface area contributed by atoms with Gasteiger partial charge in [0.1, 0.15) is 22.0 Å². The van der Waals surface area contributed by atoms with Gasteiger partial charge in [0.2, 0.25) is 5.82 Å². The van der Waals surface area contributed by atoms with E-state index in [2.05, 4.69) is 4.98 Å². The lowest BCUT2D eigenvalue weighted by molar-refractivity contribution is 0.415. The van der Waals surface area contributed by atoms with Crippen LogP contribution in [-0.2, 0) is 0 Å². The molecule has 1 aromatic heterocycles. The highest BCUT2D eigenvalue weighted by atomic mass is 32.1. The van der Waals surface area contributed by atoms with Crippen LogP contribution in [0.5, 0.6) is 11.5 Å². The van der Waals surface area contributed by atoms with Crippen LogP contribution < -0.4 is 4.74 Å². The number of halogens is 2. The third-order valence-corrected chi connectivity index (χ3v) is 2.49. The first-order valence-corrected chi connectivity index (χ1v) is 5.28. The monoisotopic (exact) mass is 264 g/mol. The van der Waals surface area contributed by atoms with Crippen molar-refractivity contribution in [2.45, 2.75) is 0 Å². The van der Waals surface area contributed by atoms with Gasteiger partial charge in [0.15, 0.2) is 11.6 Å². The number of nitriles is 1. The van der Waals surface area contributed by atoms with Crippen LogP contribution in [0.15, 0.2) is 30.5 Å². The molecule has 2 rings (SSSR count). The fourth-order valence-corrected chi connectivity index (χ4v) is 1.55. The van der Waals surface area contributed by atoms with Gasteiger partial charge in [0, 0.05) is 6.20 Å². The molecule has 0 saturated heterocycles. The summed E-state index contributed by atoms with van der Waals surface area (Å²) in [5, 5.41) is 8.92. The molecule has 0 radical (unpaired) electrons. The van der Waals surface area contributed by atoms with Gasteiger partial charge >= 0.3 is 0 Å². The number of ether oxygens (including phenoxy) is 1. The van der Waals surface area contributed by atoms with Crippen molar-refractivity contribution in [3.63, 3.8) is 0 Å². The molecule has 0 spiro atoms. The average Bonchev–Trinajstić information content (AvgIpc) is 2.35. The smallest absolute Gasteiger partial charge is 0.201 e.